The van der Waals surface area contributed by atoms with Gasteiger partial charge in [-0.25, -0.2) is 14.2 Å². The highest BCUT2D eigenvalue weighted by atomic mass is 19.1. The number of hydrogen-bond acceptors (Lipinski definition) is 4. The fraction of sp³-hybridized carbons (Fsp3) is 0.263. The Bertz CT molecular complexity index is 815. The summed E-state index contributed by atoms with van der Waals surface area (Å²) in [5.41, 5.74) is 2.28. The van der Waals surface area contributed by atoms with Gasteiger partial charge >= 0.3 is 0 Å². The largest absolute Gasteiger partial charge is 0.493 e. The summed E-state index contributed by atoms with van der Waals surface area (Å²) in [7, 11) is 1.47. The van der Waals surface area contributed by atoms with Crippen LogP contribution in [0, 0.1) is 11.6 Å². The van der Waals surface area contributed by atoms with Crippen LogP contribution in [-0.4, -0.2) is 24.8 Å². The van der Waals surface area contributed by atoms with Crippen LogP contribution in [0.1, 0.15) is 36.7 Å². The van der Waals surface area contributed by atoms with Crippen LogP contribution < -0.4 is 14.9 Å². The molecule has 0 radical (unpaired) electrons. The Morgan fingerprint density at radius 1 is 1.12 bits per heavy atom. The van der Waals surface area contributed by atoms with Gasteiger partial charge in [0.15, 0.2) is 11.5 Å². The molecule has 2 aromatic carbocycles. The zero-order valence-electron chi connectivity index (χ0n) is 15.0. The molecule has 1 N–H and O–H groups in total. The lowest BCUT2D eigenvalue weighted by molar-refractivity contribution is 0.0954. The van der Waals surface area contributed by atoms with E-state index in [4.69, 9.17) is 9.47 Å². The van der Waals surface area contributed by atoms with Crippen molar-refractivity contribution in [3.8, 4) is 11.5 Å². The first-order chi connectivity index (χ1) is 12.3. The molecule has 7 heteroatoms. The second-order valence-electron chi connectivity index (χ2n) is 5.77. The van der Waals surface area contributed by atoms with E-state index in [9.17, 15) is 13.6 Å². The Hall–Kier alpha value is -2.96. The number of halogens is 2. The quantitative estimate of drug-likeness (QED) is 0.626. The fourth-order valence-electron chi connectivity index (χ4n) is 2.26. The van der Waals surface area contributed by atoms with E-state index >= 15 is 0 Å². The zero-order chi connectivity index (χ0) is 19.3. The summed E-state index contributed by atoms with van der Waals surface area (Å²) in [6.45, 7) is 5.15. The lowest BCUT2D eigenvalue weighted by Gasteiger charge is -2.14. The summed E-state index contributed by atoms with van der Waals surface area (Å²) in [5, 5.41) is 3.78. The van der Waals surface area contributed by atoms with Crippen molar-refractivity contribution in [3.05, 3.63) is 59.2 Å². The molecule has 0 atom stereocenters. The highest BCUT2D eigenvalue weighted by Crippen LogP contribution is 2.29. The second-order valence-corrected chi connectivity index (χ2v) is 5.77. The van der Waals surface area contributed by atoms with E-state index in [0.717, 1.165) is 12.1 Å². The van der Waals surface area contributed by atoms with Crippen LogP contribution in [0.25, 0.3) is 0 Å². The molecule has 138 valence electrons. The highest BCUT2D eigenvalue weighted by Gasteiger charge is 2.14. The first kappa shape index (κ1) is 19.4. The van der Waals surface area contributed by atoms with Crippen LogP contribution in [-0.2, 0) is 0 Å². The maximum absolute atomic E-state index is 13.7. The van der Waals surface area contributed by atoms with E-state index in [1.807, 2.05) is 13.8 Å². The topological polar surface area (TPSA) is 59.9 Å². The van der Waals surface area contributed by atoms with Gasteiger partial charge in [0.25, 0.3) is 5.91 Å². The van der Waals surface area contributed by atoms with Crippen molar-refractivity contribution in [2.24, 2.45) is 5.10 Å². The summed E-state index contributed by atoms with van der Waals surface area (Å²) >= 11 is 0. The zero-order valence-corrected chi connectivity index (χ0v) is 15.0. The van der Waals surface area contributed by atoms with Crippen molar-refractivity contribution in [3.63, 3.8) is 0 Å². The van der Waals surface area contributed by atoms with Crippen LogP contribution in [0.15, 0.2) is 41.5 Å². The minimum Gasteiger partial charge on any atom is -0.493 e. The molecule has 1 amide bonds. The average Bonchev–Trinajstić information content (AvgIpc) is 2.59. The third-order valence-electron chi connectivity index (χ3n) is 3.44. The van der Waals surface area contributed by atoms with Crippen molar-refractivity contribution in [1.82, 2.24) is 5.43 Å². The molecule has 5 nitrogen and oxygen atoms in total. The summed E-state index contributed by atoms with van der Waals surface area (Å²) in [6, 6.07) is 8.16. The second kappa shape index (κ2) is 8.42. The molecular weight excluding hydrogens is 342 g/mol. The van der Waals surface area contributed by atoms with Crippen molar-refractivity contribution >= 4 is 11.6 Å². The van der Waals surface area contributed by atoms with Gasteiger partial charge in [-0.3, -0.25) is 4.79 Å². The number of carbonyl (C=O) groups excluding carboxylic acids is 1. The maximum atomic E-state index is 13.7. The third kappa shape index (κ3) is 4.56. The number of carbonyl (C=O) groups is 1. The Morgan fingerprint density at radius 3 is 2.35 bits per heavy atom. The molecule has 0 spiro atoms. The van der Waals surface area contributed by atoms with Gasteiger partial charge in [0.2, 0.25) is 0 Å². The van der Waals surface area contributed by atoms with Crippen molar-refractivity contribution < 1.29 is 23.0 Å². The standard InChI is InChI=1S/C19H20F2N2O3/c1-11(2)26-16-9-8-13(10-17(16)25-4)19(24)23-22-12(3)18-14(20)6-5-7-15(18)21/h5-11H,1-4H3,(H,23,24)/b22-12-. The third-order valence-corrected chi connectivity index (χ3v) is 3.44. The van der Waals surface area contributed by atoms with Crippen LogP contribution in [0.2, 0.25) is 0 Å². The van der Waals surface area contributed by atoms with E-state index in [-0.39, 0.29) is 22.9 Å². The van der Waals surface area contributed by atoms with Gasteiger partial charge in [0.1, 0.15) is 11.6 Å². The minimum absolute atomic E-state index is 0.0145. The molecule has 2 rings (SSSR count). The number of methoxy groups -OCH3 is 1. The normalized spacial score (nSPS) is 11.4. The van der Waals surface area contributed by atoms with Gasteiger partial charge in [-0.05, 0) is 51.1 Å². The van der Waals surface area contributed by atoms with Gasteiger partial charge in [0, 0.05) is 5.56 Å². The number of hydrogen-bond donors (Lipinski definition) is 1. The van der Waals surface area contributed by atoms with Gasteiger partial charge in [-0.15, -0.1) is 0 Å². The predicted octanol–water partition coefficient (Wildman–Crippen LogP) is 3.91. The summed E-state index contributed by atoms with van der Waals surface area (Å²) in [5.74, 6) is -1.15. The van der Waals surface area contributed by atoms with E-state index < -0.39 is 17.5 Å². The molecule has 0 fully saturated rings. The van der Waals surface area contributed by atoms with Gasteiger partial charge < -0.3 is 9.47 Å². The molecule has 26 heavy (non-hydrogen) atoms. The lowest BCUT2D eigenvalue weighted by Crippen LogP contribution is -2.20. The molecule has 0 saturated heterocycles. The number of benzene rings is 2. The lowest BCUT2D eigenvalue weighted by atomic mass is 10.1. The van der Waals surface area contributed by atoms with Crippen molar-refractivity contribution in [1.29, 1.82) is 0 Å². The molecular formula is C19H20F2N2O3. The molecule has 0 aliphatic carbocycles. The molecule has 0 aromatic heterocycles. The molecule has 0 aliphatic rings. The molecule has 0 heterocycles. The molecule has 2 aromatic rings. The van der Waals surface area contributed by atoms with Crippen LogP contribution in [0.3, 0.4) is 0 Å². The van der Waals surface area contributed by atoms with E-state index in [0.29, 0.717) is 11.5 Å². The maximum Gasteiger partial charge on any atom is 0.271 e. The first-order valence-electron chi connectivity index (χ1n) is 7.97. The highest BCUT2D eigenvalue weighted by molar-refractivity contribution is 6.01. The minimum atomic E-state index is -0.752. The SMILES string of the molecule is COc1cc(C(=O)N/N=C(/C)c2c(F)cccc2F)ccc1OC(C)C. The number of hydrazone groups is 1. The van der Waals surface area contributed by atoms with Gasteiger partial charge in [0.05, 0.1) is 24.5 Å². The smallest absolute Gasteiger partial charge is 0.271 e. The fourth-order valence-corrected chi connectivity index (χ4v) is 2.26. The van der Waals surface area contributed by atoms with Crippen LogP contribution >= 0.6 is 0 Å². The number of nitrogens with zero attached hydrogens (tertiary/aromatic N) is 1. The average molecular weight is 362 g/mol. The predicted molar refractivity (Wildman–Crippen MR) is 94.8 cm³/mol. The van der Waals surface area contributed by atoms with Crippen LogP contribution in [0.5, 0.6) is 11.5 Å². The number of amides is 1. The molecule has 0 aliphatic heterocycles. The monoisotopic (exact) mass is 362 g/mol. The van der Waals surface area contributed by atoms with E-state index in [1.165, 1.54) is 26.2 Å². The van der Waals surface area contributed by atoms with Crippen molar-refractivity contribution in [2.45, 2.75) is 26.9 Å². The van der Waals surface area contributed by atoms with Gasteiger partial charge in [-0.2, -0.15) is 5.10 Å². The number of ether oxygens (including phenoxy) is 2. The Kier molecular flexibility index (Phi) is 6.27. The molecule has 0 unspecified atom stereocenters. The Labute approximate surface area is 150 Å². The van der Waals surface area contributed by atoms with E-state index in [1.54, 1.807) is 12.1 Å². The molecule has 0 saturated carbocycles. The number of nitrogens with one attached hydrogen (secondary N) is 1. The van der Waals surface area contributed by atoms with E-state index in [2.05, 4.69) is 10.5 Å². The van der Waals surface area contributed by atoms with Crippen molar-refractivity contribution in [2.75, 3.05) is 7.11 Å². The first-order valence-corrected chi connectivity index (χ1v) is 7.97. The summed E-state index contributed by atoms with van der Waals surface area (Å²) in [4.78, 5) is 12.2. The van der Waals surface area contributed by atoms with Crippen LogP contribution in [0.4, 0.5) is 8.78 Å². The summed E-state index contributed by atoms with van der Waals surface area (Å²) in [6.07, 6.45) is -0.0495. The Balaban J connectivity index is 2.19. The Morgan fingerprint density at radius 2 is 1.77 bits per heavy atom. The summed E-state index contributed by atoms with van der Waals surface area (Å²) < 4.78 is 38.3. The van der Waals surface area contributed by atoms with Gasteiger partial charge in [-0.1, -0.05) is 6.07 Å². The molecule has 0 bridgehead atoms. The number of rotatable bonds is 6.